The van der Waals surface area contributed by atoms with E-state index in [4.69, 9.17) is 4.74 Å². The normalized spacial score (nSPS) is 11.7. The molecule has 120 valence electrons. The number of unbranched alkanes of at least 4 members (excludes halogenated alkanes) is 4. The molecule has 0 fully saturated rings. The van der Waals surface area contributed by atoms with E-state index in [1.54, 1.807) is 12.1 Å². The molecule has 0 saturated heterocycles. The fraction of sp³-hybridized carbons (Fsp3) is 0.667. The van der Waals surface area contributed by atoms with E-state index in [0.29, 0.717) is 13.2 Å². The van der Waals surface area contributed by atoms with Crippen molar-refractivity contribution in [3.05, 3.63) is 29.6 Å². The molecule has 0 amide bonds. The molecular formula is C18H30FNO. The second-order valence-electron chi connectivity index (χ2n) is 6.62. The number of hydrogen-bond acceptors (Lipinski definition) is 2. The Hall–Kier alpha value is -1.09. The summed E-state index contributed by atoms with van der Waals surface area (Å²) in [5.41, 5.74) is 0.891. The Labute approximate surface area is 129 Å². The summed E-state index contributed by atoms with van der Waals surface area (Å²) < 4.78 is 19.2. The van der Waals surface area contributed by atoms with Crippen LogP contribution in [0.1, 0.15) is 65.4 Å². The molecule has 1 N–H and O–H groups in total. The quantitative estimate of drug-likeness (QED) is 0.643. The molecule has 21 heavy (non-hydrogen) atoms. The maximum absolute atomic E-state index is 13.4. The Morgan fingerprint density at radius 2 is 1.81 bits per heavy atom. The summed E-state index contributed by atoms with van der Waals surface area (Å²) in [5, 5.41) is 3.38. The van der Waals surface area contributed by atoms with E-state index >= 15 is 0 Å². The van der Waals surface area contributed by atoms with Gasteiger partial charge in [0.05, 0.1) is 6.61 Å². The predicted octanol–water partition coefficient (Wildman–Crippen LogP) is 5.06. The second-order valence-corrected chi connectivity index (χ2v) is 6.62. The maximum atomic E-state index is 13.4. The minimum absolute atomic E-state index is 0.00371. The summed E-state index contributed by atoms with van der Waals surface area (Å²) in [5.74, 6) is 0.583. The van der Waals surface area contributed by atoms with Crippen molar-refractivity contribution in [3.63, 3.8) is 0 Å². The van der Waals surface area contributed by atoms with Gasteiger partial charge in [0.25, 0.3) is 0 Å². The molecule has 0 radical (unpaired) electrons. The summed E-state index contributed by atoms with van der Waals surface area (Å²) in [7, 11) is 0. The van der Waals surface area contributed by atoms with E-state index in [-0.39, 0.29) is 11.4 Å². The topological polar surface area (TPSA) is 21.3 Å². The molecule has 0 unspecified atom stereocenters. The molecule has 0 atom stereocenters. The molecule has 0 bridgehead atoms. The van der Waals surface area contributed by atoms with Crippen molar-refractivity contribution in [1.82, 2.24) is 5.32 Å². The minimum atomic E-state index is -0.212. The van der Waals surface area contributed by atoms with Crippen LogP contribution in [0.25, 0.3) is 0 Å². The van der Waals surface area contributed by atoms with Gasteiger partial charge >= 0.3 is 0 Å². The average molecular weight is 295 g/mol. The van der Waals surface area contributed by atoms with Gasteiger partial charge in [-0.15, -0.1) is 0 Å². The lowest BCUT2D eigenvalue weighted by Crippen LogP contribution is -2.35. The third-order valence-electron chi connectivity index (χ3n) is 3.34. The van der Waals surface area contributed by atoms with Crippen molar-refractivity contribution in [2.75, 3.05) is 6.61 Å². The van der Waals surface area contributed by atoms with Crippen LogP contribution < -0.4 is 10.1 Å². The number of hydrogen-bond donors (Lipinski definition) is 1. The number of rotatable bonds is 9. The van der Waals surface area contributed by atoms with E-state index in [1.807, 2.05) is 0 Å². The number of ether oxygens (including phenoxy) is 1. The molecule has 0 aliphatic rings. The van der Waals surface area contributed by atoms with Crippen molar-refractivity contribution in [3.8, 4) is 5.75 Å². The average Bonchev–Trinajstić information content (AvgIpc) is 2.41. The molecular weight excluding hydrogens is 265 g/mol. The lowest BCUT2D eigenvalue weighted by molar-refractivity contribution is 0.298. The highest BCUT2D eigenvalue weighted by atomic mass is 19.1. The van der Waals surface area contributed by atoms with Crippen molar-refractivity contribution in [2.45, 2.75) is 71.9 Å². The van der Waals surface area contributed by atoms with Gasteiger partial charge in [-0.05, 0) is 45.4 Å². The van der Waals surface area contributed by atoms with E-state index in [1.165, 1.54) is 31.7 Å². The van der Waals surface area contributed by atoms with Crippen molar-refractivity contribution < 1.29 is 9.13 Å². The van der Waals surface area contributed by atoms with Crippen molar-refractivity contribution in [1.29, 1.82) is 0 Å². The Kier molecular flexibility index (Phi) is 7.73. The fourth-order valence-corrected chi connectivity index (χ4v) is 2.08. The first kappa shape index (κ1) is 18.0. The third kappa shape index (κ3) is 8.05. The van der Waals surface area contributed by atoms with Crippen molar-refractivity contribution >= 4 is 0 Å². The third-order valence-corrected chi connectivity index (χ3v) is 3.34. The summed E-state index contributed by atoms with van der Waals surface area (Å²) >= 11 is 0. The molecule has 0 aliphatic carbocycles. The van der Waals surface area contributed by atoms with Crippen LogP contribution in [-0.4, -0.2) is 12.1 Å². The Bertz CT molecular complexity index is 412. The lowest BCUT2D eigenvalue weighted by Gasteiger charge is -2.21. The highest BCUT2D eigenvalue weighted by molar-refractivity contribution is 5.34. The van der Waals surface area contributed by atoms with Gasteiger partial charge in [0.2, 0.25) is 0 Å². The summed E-state index contributed by atoms with van der Waals surface area (Å²) in [6.07, 6.45) is 6.06. The lowest BCUT2D eigenvalue weighted by atomic mass is 10.1. The maximum Gasteiger partial charge on any atom is 0.123 e. The van der Waals surface area contributed by atoms with Gasteiger partial charge in [-0.1, -0.05) is 32.6 Å². The first-order chi connectivity index (χ1) is 9.92. The van der Waals surface area contributed by atoms with Crippen LogP contribution in [0.2, 0.25) is 0 Å². The van der Waals surface area contributed by atoms with Gasteiger partial charge in [0.15, 0.2) is 0 Å². The zero-order chi connectivity index (χ0) is 15.7. The Morgan fingerprint density at radius 1 is 1.10 bits per heavy atom. The van der Waals surface area contributed by atoms with E-state index in [2.05, 4.69) is 33.0 Å². The minimum Gasteiger partial charge on any atom is -0.493 e. The molecule has 2 nitrogen and oxygen atoms in total. The molecule has 1 rings (SSSR count). The summed E-state index contributed by atoms with van der Waals surface area (Å²) in [4.78, 5) is 0. The van der Waals surface area contributed by atoms with Gasteiger partial charge in [-0.3, -0.25) is 0 Å². The Morgan fingerprint density at radius 3 is 2.48 bits per heavy atom. The number of halogens is 1. The fourth-order valence-electron chi connectivity index (χ4n) is 2.08. The van der Waals surface area contributed by atoms with Crippen molar-refractivity contribution in [2.24, 2.45) is 0 Å². The molecule has 0 saturated carbocycles. The molecule has 1 aromatic carbocycles. The van der Waals surface area contributed by atoms with Gasteiger partial charge in [0, 0.05) is 17.6 Å². The number of benzene rings is 1. The highest BCUT2D eigenvalue weighted by Gasteiger charge is 2.11. The zero-order valence-corrected chi connectivity index (χ0v) is 14.0. The predicted molar refractivity (Wildman–Crippen MR) is 87.2 cm³/mol. The van der Waals surface area contributed by atoms with Crippen LogP contribution in [0.3, 0.4) is 0 Å². The van der Waals surface area contributed by atoms with Crippen LogP contribution in [-0.2, 0) is 6.54 Å². The van der Waals surface area contributed by atoms with Gasteiger partial charge in [0.1, 0.15) is 11.6 Å². The molecule has 0 aliphatic heterocycles. The van der Waals surface area contributed by atoms with Crippen LogP contribution in [0, 0.1) is 5.82 Å². The summed E-state index contributed by atoms with van der Waals surface area (Å²) in [6, 6.07) is 4.76. The molecule has 1 aromatic rings. The van der Waals surface area contributed by atoms with Crippen LogP contribution >= 0.6 is 0 Å². The molecule has 0 aromatic heterocycles. The molecule has 0 spiro atoms. The monoisotopic (exact) mass is 295 g/mol. The van der Waals surface area contributed by atoms with E-state index in [0.717, 1.165) is 17.7 Å². The van der Waals surface area contributed by atoms with E-state index in [9.17, 15) is 4.39 Å². The van der Waals surface area contributed by atoms with E-state index < -0.39 is 0 Å². The number of nitrogens with one attached hydrogen (secondary N) is 1. The standard InChI is InChI=1S/C18H30FNO/c1-5-6-7-8-9-12-21-17-11-10-16(19)13-15(17)14-20-18(2,3)4/h10-11,13,20H,5-9,12,14H2,1-4H3. The van der Waals surface area contributed by atoms with Gasteiger partial charge in [-0.2, -0.15) is 0 Å². The SMILES string of the molecule is CCCCCCCOc1ccc(F)cc1CNC(C)(C)C. The zero-order valence-electron chi connectivity index (χ0n) is 14.0. The first-order valence-electron chi connectivity index (χ1n) is 8.08. The van der Waals surface area contributed by atoms with Crippen LogP contribution in [0.4, 0.5) is 4.39 Å². The largest absolute Gasteiger partial charge is 0.493 e. The smallest absolute Gasteiger partial charge is 0.123 e. The molecule has 3 heteroatoms. The Balaban J connectivity index is 2.48. The van der Waals surface area contributed by atoms with Gasteiger partial charge < -0.3 is 10.1 Å². The van der Waals surface area contributed by atoms with Crippen LogP contribution in [0.5, 0.6) is 5.75 Å². The first-order valence-corrected chi connectivity index (χ1v) is 8.08. The van der Waals surface area contributed by atoms with Gasteiger partial charge in [-0.25, -0.2) is 4.39 Å². The summed E-state index contributed by atoms with van der Waals surface area (Å²) in [6.45, 7) is 9.83. The molecule has 0 heterocycles. The highest BCUT2D eigenvalue weighted by Crippen LogP contribution is 2.21. The second kappa shape index (κ2) is 9.04. The van der Waals surface area contributed by atoms with Crippen LogP contribution in [0.15, 0.2) is 18.2 Å².